The maximum absolute atomic E-state index is 12.5. The number of aromatic amines is 1. The fraction of sp³-hybridized carbons (Fsp3) is 0.368. The zero-order chi connectivity index (χ0) is 20.5. The molecule has 3 rings (SSSR count). The summed E-state index contributed by atoms with van der Waals surface area (Å²) in [5, 5.41) is 4.64. The molecule has 3 aromatic heterocycles. The van der Waals surface area contributed by atoms with Crippen molar-refractivity contribution in [3.63, 3.8) is 0 Å². The van der Waals surface area contributed by atoms with E-state index in [1.54, 1.807) is 25.3 Å². The number of ether oxygens (including phenoxy) is 1. The van der Waals surface area contributed by atoms with Crippen molar-refractivity contribution in [3.8, 4) is 10.6 Å². The number of aromatic nitrogens is 3. The van der Waals surface area contributed by atoms with Crippen molar-refractivity contribution in [3.05, 3.63) is 45.1 Å². The summed E-state index contributed by atoms with van der Waals surface area (Å²) in [7, 11) is 0. The van der Waals surface area contributed by atoms with Crippen LogP contribution >= 0.6 is 11.3 Å². The number of carbonyl (C=O) groups is 1. The van der Waals surface area contributed by atoms with E-state index in [-0.39, 0.29) is 12.1 Å². The number of hydrogen-bond donors (Lipinski definition) is 2. The minimum atomic E-state index is -0.595. The van der Waals surface area contributed by atoms with Crippen LogP contribution in [0.3, 0.4) is 0 Å². The molecule has 0 aliphatic heterocycles. The van der Waals surface area contributed by atoms with Gasteiger partial charge < -0.3 is 19.6 Å². The van der Waals surface area contributed by atoms with Gasteiger partial charge in [-0.05, 0) is 44.7 Å². The Morgan fingerprint density at radius 3 is 2.82 bits per heavy atom. The molecule has 146 valence electrons. The van der Waals surface area contributed by atoms with Gasteiger partial charge in [-0.25, -0.2) is 14.6 Å². The molecule has 0 spiro atoms. The van der Waals surface area contributed by atoms with Crippen molar-refractivity contribution in [1.29, 1.82) is 0 Å². The molecule has 8 nitrogen and oxygen atoms in total. The Labute approximate surface area is 166 Å². The average molecular weight is 399 g/mol. The van der Waals surface area contributed by atoms with Gasteiger partial charge in [-0.1, -0.05) is 0 Å². The molecular weight excluding hydrogens is 378 g/mol. The second-order valence-electron chi connectivity index (χ2n) is 7.25. The first-order valence-corrected chi connectivity index (χ1v) is 9.59. The molecule has 0 atom stereocenters. The third-order valence-electron chi connectivity index (χ3n) is 4.01. The number of aryl methyl sites for hydroxylation is 1. The van der Waals surface area contributed by atoms with Gasteiger partial charge in [0.2, 0.25) is 5.69 Å². The van der Waals surface area contributed by atoms with E-state index >= 15 is 0 Å². The van der Waals surface area contributed by atoms with E-state index in [9.17, 15) is 9.59 Å². The molecule has 28 heavy (non-hydrogen) atoms. The van der Waals surface area contributed by atoms with Gasteiger partial charge in [0.15, 0.2) is 0 Å². The molecule has 0 aliphatic rings. The van der Waals surface area contributed by atoms with E-state index in [1.807, 2.05) is 18.4 Å². The number of alkyl carbamates (subject to hydrolysis) is 1. The molecule has 2 N–H and O–H groups in total. The lowest BCUT2D eigenvalue weighted by Crippen LogP contribution is -2.34. The predicted octanol–water partition coefficient (Wildman–Crippen LogP) is 3.84. The summed E-state index contributed by atoms with van der Waals surface area (Å²) in [6.45, 7) is 15.5. The van der Waals surface area contributed by atoms with Gasteiger partial charge in [-0.15, -0.1) is 11.3 Å². The van der Waals surface area contributed by atoms with Gasteiger partial charge in [0.25, 0.3) is 5.56 Å². The van der Waals surface area contributed by atoms with E-state index in [0.29, 0.717) is 29.0 Å². The zero-order valence-corrected chi connectivity index (χ0v) is 16.9. The van der Waals surface area contributed by atoms with Gasteiger partial charge in [0.1, 0.15) is 16.6 Å². The topological polar surface area (TPSA) is 93.4 Å². The highest BCUT2D eigenvalue weighted by atomic mass is 32.1. The normalized spacial score (nSPS) is 11.4. The molecule has 3 heterocycles. The van der Waals surface area contributed by atoms with Crippen molar-refractivity contribution in [1.82, 2.24) is 19.9 Å². The van der Waals surface area contributed by atoms with E-state index in [2.05, 4.69) is 20.1 Å². The summed E-state index contributed by atoms with van der Waals surface area (Å²) in [5.74, 6) is 0. The Balaban J connectivity index is 2.04. The Hall–Kier alpha value is -3.12. The van der Waals surface area contributed by atoms with Crippen molar-refractivity contribution in [2.24, 2.45) is 0 Å². The summed E-state index contributed by atoms with van der Waals surface area (Å²) >= 11 is 1.50. The highest BCUT2D eigenvalue weighted by Crippen LogP contribution is 2.41. The summed E-state index contributed by atoms with van der Waals surface area (Å²) in [6.07, 6.45) is 0.767. The molecule has 0 aliphatic carbocycles. The Morgan fingerprint density at radius 2 is 2.21 bits per heavy atom. The molecule has 0 bridgehead atoms. The van der Waals surface area contributed by atoms with Crippen LogP contribution in [0.5, 0.6) is 0 Å². The van der Waals surface area contributed by atoms with Crippen molar-refractivity contribution in [2.75, 3.05) is 6.54 Å². The maximum Gasteiger partial charge on any atom is 0.407 e. The molecule has 0 fully saturated rings. The van der Waals surface area contributed by atoms with Gasteiger partial charge >= 0.3 is 6.09 Å². The molecule has 0 unspecified atom stereocenters. The quantitative estimate of drug-likeness (QED) is 0.652. The van der Waals surface area contributed by atoms with Crippen molar-refractivity contribution in [2.45, 2.75) is 39.8 Å². The number of nitrogens with zero attached hydrogens (tertiary/aromatic N) is 3. The number of thiophene rings is 1. The molecule has 1 amide bonds. The first-order valence-electron chi connectivity index (χ1n) is 8.71. The van der Waals surface area contributed by atoms with E-state index < -0.39 is 11.7 Å². The van der Waals surface area contributed by atoms with Crippen LogP contribution in [0.2, 0.25) is 0 Å². The summed E-state index contributed by atoms with van der Waals surface area (Å²) in [5.41, 5.74) is 1.75. The largest absolute Gasteiger partial charge is 0.444 e. The van der Waals surface area contributed by atoms with Crippen LogP contribution in [-0.4, -0.2) is 32.8 Å². The number of hydrogen-bond acceptors (Lipinski definition) is 5. The number of nitrogens with one attached hydrogen (secondary N) is 2. The number of fused-ring (bicyclic) bond motifs is 1. The lowest BCUT2D eigenvalue weighted by atomic mass is 10.2. The van der Waals surface area contributed by atoms with Crippen LogP contribution in [-0.2, 0) is 11.3 Å². The van der Waals surface area contributed by atoms with Gasteiger partial charge in [0, 0.05) is 18.0 Å². The molecule has 9 heteroatoms. The summed E-state index contributed by atoms with van der Waals surface area (Å²) < 4.78 is 7.00. The summed E-state index contributed by atoms with van der Waals surface area (Å²) in [6, 6.07) is 1.96. The molecule has 0 saturated carbocycles. The van der Waals surface area contributed by atoms with Gasteiger partial charge in [-0.2, -0.15) is 0 Å². The van der Waals surface area contributed by atoms with Crippen LogP contribution < -0.4 is 10.9 Å². The summed E-state index contributed by atoms with van der Waals surface area (Å²) in [4.78, 5) is 35.8. The fourth-order valence-corrected chi connectivity index (χ4v) is 3.91. The number of H-pyrrole nitrogens is 1. The van der Waals surface area contributed by atoms with Crippen molar-refractivity contribution >= 4 is 34.2 Å². The van der Waals surface area contributed by atoms with Crippen LogP contribution in [0.1, 0.15) is 26.3 Å². The minimum absolute atomic E-state index is 0.238. The van der Waals surface area contributed by atoms with Gasteiger partial charge in [-0.3, -0.25) is 4.79 Å². The van der Waals surface area contributed by atoms with E-state index in [0.717, 1.165) is 10.4 Å². The van der Waals surface area contributed by atoms with E-state index in [1.165, 1.54) is 17.7 Å². The first-order chi connectivity index (χ1) is 13.2. The Morgan fingerprint density at radius 1 is 1.46 bits per heavy atom. The highest BCUT2D eigenvalue weighted by molar-refractivity contribution is 7.13. The predicted molar refractivity (Wildman–Crippen MR) is 109 cm³/mol. The molecule has 0 radical (unpaired) electrons. The third kappa shape index (κ3) is 3.77. The Kier molecular flexibility index (Phi) is 5.25. The number of rotatable bonds is 4. The van der Waals surface area contributed by atoms with Crippen LogP contribution in [0, 0.1) is 13.5 Å². The minimum Gasteiger partial charge on any atom is -0.444 e. The van der Waals surface area contributed by atoms with Crippen molar-refractivity contribution < 1.29 is 9.53 Å². The second kappa shape index (κ2) is 7.48. The first kappa shape index (κ1) is 19.6. The second-order valence-corrected chi connectivity index (χ2v) is 8.17. The third-order valence-corrected chi connectivity index (χ3v) is 5.03. The lowest BCUT2D eigenvalue weighted by molar-refractivity contribution is 0.0526. The maximum atomic E-state index is 12.5. The van der Waals surface area contributed by atoms with Crippen LogP contribution in [0.25, 0.3) is 26.4 Å². The molecule has 0 saturated heterocycles. The number of carbonyl (C=O) groups excluding carboxylic acids is 1. The monoisotopic (exact) mass is 399 g/mol. The highest BCUT2D eigenvalue weighted by Gasteiger charge is 2.24. The van der Waals surface area contributed by atoms with E-state index in [4.69, 9.17) is 11.3 Å². The Bertz CT molecular complexity index is 1130. The molecule has 0 aromatic carbocycles. The lowest BCUT2D eigenvalue weighted by Gasteiger charge is -2.20. The zero-order valence-electron chi connectivity index (χ0n) is 16.1. The SMILES string of the molecule is [C-]#[N+]c1c(-c2sccc2C)n(CCNC(=O)OC(C)(C)C)c2c(=O)[nH]cnc12. The smallest absolute Gasteiger partial charge is 0.407 e. The average Bonchev–Trinajstić information content (AvgIpc) is 3.14. The van der Waals surface area contributed by atoms with Gasteiger partial charge in [0.05, 0.1) is 18.6 Å². The number of amides is 1. The standard InChI is InChI=1S/C19H21N5O3S/c1-11-6-9-28-16(11)14-12(20-5)13-15(17(25)23-10-22-13)24(14)8-7-21-18(26)27-19(2,3)4/h6,9-10H,7-8H2,1-4H3,(H,21,26)(H,22,23,25). The fourth-order valence-electron chi connectivity index (χ4n) is 2.93. The van der Waals surface area contributed by atoms with Crippen LogP contribution in [0.15, 0.2) is 22.6 Å². The molecule has 3 aromatic rings. The van der Waals surface area contributed by atoms with Crippen LogP contribution in [0.4, 0.5) is 10.5 Å². The molecular formula is C19H21N5O3S.